The Morgan fingerprint density at radius 1 is 1.41 bits per heavy atom. The van der Waals surface area contributed by atoms with Crippen molar-refractivity contribution in [1.29, 1.82) is 0 Å². The van der Waals surface area contributed by atoms with Crippen molar-refractivity contribution in [2.75, 3.05) is 25.0 Å². The molecule has 1 amide bonds. The molecule has 1 unspecified atom stereocenters. The van der Waals surface area contributed by atoms with E-state index in [1.54, 1.807) is 6.20 Å². The van der Waals surface area contributed by atoms with Gasteiger partial charge in [-0.25, -0.2) is 9.97 Å². The minimum absolute atomic E-state index is 0.252. The summed E-state index contributed by atoms with van der Waals surface area (Å²) in [5, 5.41) is 7.33. The van der Waals surface area contributed by atoms with Gasteiger partial charge in [0.25, 0.3) is 0 Å². The van der Waals surface area contributed by atoms with E-state index in [-0.39, 0.29) is 11.4 Å². The number of anilines is 2. The van der Waals surface area contributed by atoms with E-state index in [4.69, 9.17) is 16.6 Å². The van der Waals surface area contributed by atoms with Crippen molar-refractivity contribution in [2.45, 2.75) is 44.1 Å². The van der Waals surface area contributed by atoms with Crippen LogP contribution in [0.5, 0.6) is 0 Å². The van der Waals surface area contributed by atoms with Crippen molar-refractivity contribution < 1.29 is 4.79 Å². The monoisotopic (exact) mass is 405 g/mol. The number of hydrogen-bond donors (Lipinski definition) is 2. The molecule has 2 aliphatic rings. The molecular formula is C19H24ClN5OS. The van der Waals surface area contributed by atoms with Gasteiger partial charge in [-0.15, -0.1) is 0 Å². The van der Waals surface area contributed by atoms with Crippen LogP contribution >= 0.6 is 22.9 Å². The molecule has 4 rings (SSSR count). The summed E-state index contributed by atoms with van der Waals surface area (Å²) >= 11 is 7.33. The Kier molecular flexibility index (Phi) is 5.34. The molecule has 0 aromatic carbocycles. The highest BCUT2D eigenvalue weighted by molar-refractivity contribution is 7.19. The molecule has 8 heteroatoms. The number of hydrogen-bond acceptors (Lipinski definition) is 6. The Morgan fingerprint density at radius 3 is 2.89 bits per heavy atom. The molecule has 0 radical (unpaired) electrons. The first-order chi connectivity index (χ1) is 13.0. The fraction of sp³-hybridized carbons (Fsp3) is 0.526. The Balaban J connectivity index is 1.38. The standard InChI is InChI=1S/C19H24ClN5OS/c1-19(8-3-9-22-19)17(26)25-10-6-13(7-11-25)14-4-2-5-16(23-14)24-18-21-12-15(20)27-18/h2,4-5,12-13,22H,3,6-11H2,1H3,(H,21,23,24). The van der Waals surface area contributed by atoms with Crippen molar-refractivity contribution in [1.82, 2.24) is 20.2 Å². The van der Waals surface area contributed by atoms with Crippen molar-refractivity contribution >= 4 is 39.8 Å². The first-order valence-corrected chi connectivity index (χ1v) is 10.6. The van der Waals surface area contributed by atoms with E-state index in [1.165, 1.54) is 11.3 Å². The molecule has 2 N–H and O–H groups in total. The van der Waals surface area contributed by atoms with Gasteiger partial charge in [0.1, 0.15) is 10.2 Å². The molecule has 2 aliphatic heterocycles. The van der Waals surface area contributed by atoms with Gasteiger partial charge in [0.15, 0.2) is 5.13 Å². The zero-order chi connectivity index (χ0) is 18.9. The lowest BCUT2D eigenvalue weighted by atomic mass is 9.91. The number of amides is 1. The van der Waals surface area contributed by atoms with Gasteiger partial charge in [-0.1, -0.05) is 29.0 Å². The fourth-order valence-corrected chi connectivity index (χ4v) is 4.79. The number of nitrogens with one attached hydrogen (secondary N) is 2. The van der Waals surface area contributed by atoms with Crippen LogP contribution in [0, 0.1) is 0 Å². The van der Waals surface area contributed by atoms with E-state index in [2.05, 4.69) is 21.7 Å². The maximum absolute atomic E-state index is 12.8. The Morgan fingerprint density at radius 2 is 2.22 bits per heavy atom. The minimum Gasteiger partial charge on any atom is -0.341 e. The number of rotatable bonds is 4. The predicted molar refractivity (Wildman–Crippen MR) is 109 cm³/mol. The summed E-state index contributed by atoms with van der Waals surface area (Å²) in [6.07, 6.45) is 5.53. The van der Waals surface area contributed by atoms with E-state index in [0.717, 1.165) is 62.0 Å². The molecule has 4 heterocycles. The number of likely N-dealkylation sites (tertiary alicyclic amines) is 1. The maximum atomic E-state index is 12.8. The maximum Gasteiger partial charge on any atom is 0.242 e. The summed E-state index contributed by atoms with van der Waals surface area (Å²) in [5.41, 5.74) is 0.698. The molecule has 0 bridgehead atoms. The van der Waals surface area contributed by atoms with Crippen LogP contribution in [0.3, 0.4) is 0 Å². The summed E-state index contributed by atoms with van der Waals surface area (Å²) in [5.74, 6) is 1.40. The van der Waals surface area contributed by atoms with Gasteiger partial charge in [0.2, 0.25) is 5.91 Å². The highest BCUT2D eigenvalue weighted by atomic mass is 35.5. The summed E-state index contributed by atoms with van der Waals surface area (Å²) in [6, 6.07) is 6.02. The normalized spacial score (nSPS) is 23.6. The third kappa shape index (κ3) is 4.10. The van der Waals surface area contributed by atoms with Crippen molar-refractivity contribution in [3.63, 3.8) is 0 Å². The van der Waals surface area contributed by atoms with Crippen molar-refractivity contribution in [3.05, 3.63) is 34.4 Å². The van der Waals surface area contributed by atoms with E-state index >= 15 is 0 Å². The molecule has 1 atom stereocenters. The second kappa shape index (κ2) is 7.73. The zero-order valence-electron chi connectivity index (χ0n) is 15.4. The average molecular weight is 406 g/mol. The smallest absolute Gasteiger partial charge is 0.242 e. The Hall–Kier alpha value is -1.70. The second-order valence-electron chi connectivity index (χ2n) is 7.47. The van der Waals surface area contributed by atoms with Gasteiger partial charge < -0.3 is 15.5 Å². The third-order valence-electron chi connectivity index (χ3n) is 5.52. The second-order valence-corrected chi connectivity index (χ2v) is 9.13. The van der Waals surface area contributed by atoms with Gasteiger partial charge in [-0.2, -0.15) is 0 Å². The number of nitrogens with zero attached hydrogens (tertiary/aromatic N) is 3. The van der Waals surface area contributed by atoms with Crippen LogP contribution in [0.4, 0.5) is 10.9 Å². The molecule has 2 saturated heterocycles. The van der Waals surface area contributed by atoms with Crippen LogP contribution < -0.4 is 10.6 Å². The average Bonchev–Trinajstić information content (AvgIpc) is 3.30. The molecule has 27 heavy (non-hydrogen) atoms. The number of carbonyl (C=O) groups is 1. The van der Waals surface area contributed by atoms with Crippen LogP contribution in [0.2, 0.25) is 4.34 Å². The highest BCUT2D eigenvalue weighted by Crippen LogP contribution is 2.31. The molecule has 144 valence electrons. The van der Waals surface area contributed by atoms with Gasteiger partial charge in [0.05, 0.1) is 11.7 Å². The van der Waals surface area contributed by atoms with Crippen LogP contribution in [-0.4, -0.2) is 45.9 Å². The molecule has 0 spiro atoms. The van der Waals surface area contributed by atoms with E-state index in [1.807, 2.05) is 24.0 Å². The van der Waals surface area contributed by atoms with Crippen LogP contribution in [0.1, 0.15) is 44.2 Å². The van der Waals surface area contributed by atoms with Gasteiger partial charge in [-0.05, 0) is 51.3 Å². The predicted octanol–water partition coefficient (Wildman–Crippen LogP) is 3.78. The SMILES string of the molecule is CC1(C(=O)N2CCC(c3cccc(Nc4ncc(Cl)s4)n3)CC2)CCCN1. The minimum atomic E-state index is -0.371. The largest absolute Gasteiger partial charge is 0.341 e. The summed E-state index contributed by atoms with van der Waals surface area (Å²) in [6.45, 7) is 4.56. The lowest BCUT2D eigenvalue weighted by Gasteiger charge is -2.37. The topological polar surface area (TPSA) is 70.2 Å². The summed E-state index contributed by atoms with van der Waals surface area (Å²) in [7, 11) is 0. The first kappa shape index (κ1) is 18.7. The van der Waals surface area contributed by atoms with E-state index < -0.39 is 0 Å². The number of thiazole rings is 1. The first-order valence-electron chi connectivity index (χ1n) is 9.43. The zero-order valence-corrected chi connectivity index (χ0v) is 16.9. The van der Waals surface area contributed by atoms with Gasteiger partial charge >= 0.3 is 0 Å². The fourth-order valence-electron chi connectivity index (χ4n) is 3.97. The summed E-state index contributed by atoms with van der Waals surface area (Å²) in [4.78, 5) is 23.8. The quantitative estimate of drug-likeness (QED) is 0.809. The molecule has 2 fully saturated rings. The number of carbonyl (C=O) groups excluding carboxylic acids is 1. The van der Waals surface area contributed by atoms with Crippen LogP contribution in [0.15, 0.2) is 24.4 Å². The van der Waals surface area contributed by atoms with Crippen LogP contribution in [0.25, 0.3) is 0 Å². The van der Waals surface area contributed by atoms with Crippen LogP contribution in [-0.2, 0) is 4.79 Å². The van der Waals surface area contributed by atoms with Crippen molar-refractivity contribution in [2.24, 2.45) is 0 Å². The lowest BCUT2D eigenvalue weighted by molar-refractivity contribution is -0.138. The molecule has 0 saturated carbocycles. The number of piperidine rings is 1. The number of halogens is 1. The summed E-state index contributed by atoms with van der Waals surface area (Å²) < 4.78 is 0.649. The van der Waals surface area contributed by atoms with Gasteiger partial charge in [-0.3, -0.25) is 4.79 Å². The molecule has 2 aromatic heterocycles. The third-order valence-corrected chi connectivity index (χ3v) is 6.55. The van der Waals surface area contributed by atoms with Gasteiger partial charge in [0, 0.05) is 24.7 Å². The Labute approximate surface area is 168 Å². The highest BCUT2D eigenvalue weighted by Gasteiger charge is 2.40. The molecule has 2 aromatic rings. The molecular weight excluding hydrogens is 382 g/mol. The number of aromatic nitrogens is 2. The number of pyridine rings is 1. The molecule has 0 aliphatic carbocycles. The van der Waals surface area contributed by atoms with E-state index in [9.17, 15) is 4.79 Å². The van der Waals surface area contributed by atoms with E-state index in [0.29, 0.717) is 10.3 Å². The van der Waals surface area contributed by atoms with Crippen molar-refractivity contribution in [3.8, 4) is 0 Å². The Bertz CT molecular complexity index is 812. The lowest BCUT2D eigenvalue weighted by Crippen LogP contribution is -2.54. The molecule has 6 nitrogen and oxygen atoms in total.